The molecule has 0 bridgehead atoms. The van der Waals surface area contributed by atoms with E-state index in [0.29, 0.717) is 16.2 Å². The van der Waals surface area contributed by atoms with Gasteiger partial charge >= 0.3 is 6.18 Å². The maximum absolute atomic E-state index is 13.5. The Morgan fingerprint density at radius 1 is 1.31 bits per heavy atom. The van der Waals surface area contributed by atoms with Crippen LogP contribution < -0.4 is 10.6 Å². The normalized spacial score (nSPS) is 12.4. The van der Waals surface area contributed by atoms with Crippen LogP contribution >= 0.6 is 24.0 Å². The summed E-state index contributed by atoms with van der Waals surface area (Å²) >= 11 is 5.76. The number of alkyl halides is 3. The minimum absolute atomic E-state index is 0. The first-order valence-corrected chi connectivity index (χ1v) is 8.04. The van der Waals surface area contributed by atoms with Crippen LogP contribution in [-0.2, 0) is 6.18 Å². The Morgan fingerprint density at radius 2 is 1.92 bits per heavy atom. The molecule has 0 aliphatic rings. The predicted molar refractivity (Wildman–Crippen MR) is 96.3 cm³/mol. The number of carbonyl (C=O) groups is 1. The van der Waals surface area contributed by atoms with Crippen LogP contribution in [-0.4, -0.2) is 34.8 Å². The van der Waals surface area contributed by atoms with Crippen molar-refractivity contribution in [2.24, 2.45) is 0 Å². The fraction of sp³-hybridized carbons (Fsp3) is 0.375. The molecule has 144 valence electrons. The summed E-state index contributed by atoms with van der Waals surface area (Å²) in [7, 11) is 0. The monoisotopic (exact) mass is 410 g/mol. The zero-order valence-corrected chi connectivity index (χ0v) is 15.7. The average Bonchev–Trinajstić information content (AvgIpc) is 2.99. The highest BCUT2D eigenvalue weighted by Gasteiger charge is 2.40. The second-order valence-electron chi connectivity index (χ2n) is 5.46. The Balaban J connectivity index is 0.00000338. The molecule has 0 spiro atoms. The van der Waals surface area contributed by atoms with Gasteiger partial charge in [-0.15, -0.1) is 12.4 Å². The van der Waals surface area contributed by atoms with Gasteiger partial charge in [-0.25, -0.2) is 4.68 Å². The Kier molecular flexibility index (Phi) is 7.92. The van der Waals surface area contributed by atoms with Crippen LogP contribution in [0.5, 0.6) is 0 Å². The number of benzene rings is 1. The molecule has 1 amide bonds. The summed E-state index contributed by atoms with van der Waals surface area (Å²) in [5.74, 6) is -0.822. The van der Waals surface area contributed by atoms with Gasteiger partial charge in [0.25, 0.3) is 5.91 Å². The van der Waals surface area contributed by atoms with Gasteiger partial charge in [0.05, 0.1) is 17.4 Å². The number of amides is 1. The fourth-order valence-corrected chi connectivity index (χ4v) is 2.45. The van der Waals surface area contributed by atoms with Crippen molar-refractivity contribution in [1.29, 1.82) is 0 Å². The Morgan fingerprint density at radius 3 is 2.46 bits per heavy atom. The summed E-state index contributed by atoms with van der Waals surface area (Å²) in [5.41, 5.74) is -1.48. The highest BCUT2D eigenvalue weighted by Crippen LogP contribution is 2.33. The van der Waals surface area contributed by atoms with Gasteiger partial charge in [0.1, 0.15) is 0 Å². The van der Waals surface area contributed by atoms with Crippen molar-refractivity contribution in [3.8, 4) is 5.69 Å². The van der Waals surface area contributed by atoms with E-state index in [-0.39, 0.29) is 30.7 Å². The lowest BCUT2D eigenvalue weighted by molar-refractivity contribution is -0.143. The van der Waals surface area contributed by atoms with E-state index in [1.54, 1.807) is 0 Å². The first-order chi connectivity index (χ1) is 11.7. The molecule has 10 heteroatoms. The summed E-state index contributed by atoms with van der Waals surface area (Å²) in [5, 5.41) is 9.69. The number of nitrogens with zero attached hydrogens (tertiary/aromatic N) is 2. The van der Waals surface area contributed by atoms with Gasteiger partial charge in [-0.3, -0.25) is 4.79 Å². The van der Waals surface area contributed by atoms with E-state index < -0.39 is 23.3 Å². The molecule has 1 atom stereocenters. The molecule has 0 unspecified atom stereocenters. The Labute approximate surface area is 160 Å². The topological polar surface area (TPSA) is 58.9 Å². The largest absolute Gasteiger partial charge is 0.434 e. The molecule has 0 aliphatic carbocycles. The van der Waals surface area contributed by atoms with Gasteiger partial charge in [-0.05, 0) is 37.7 Å². The maximum Gasteiger partial charge on any atom is 0.434 e. The van der Waals surface area contributed by atoms with Gasteiger partial charge in [0.2, 0.25) is 0 Å². The molecule has 2 N–H and O–H groups in total. The van der Waals surface area contributed by atoms with Crippen LogP contribution in [0.3, 0.4) is 0 Å². The van der Waals surface area contributed by atoms with E-state index in [4.69, 9.17) is 11.6 Å². The Hall–Kier alpha value is -1.77. The summed E-state index contributed by atoms with van der Waals surface area (Å²) < 4.78 is 41.2. The molecule has 0 saturated heterocycles. The lowest BCUT2D eigenvalue weighted by atomic mass is 10.2. The van der Waals surface area contributed by atoms with Crippen LogP contribution in [0, 0.1) is 0 Å². The van der Waals surface area contributed by atoms with E-state index in [1.807, 2.05) is 13.8 Å². The number of nitrogens with one attached hydrogen (secondary N) is 2. The smallest absolute Gasteiger partial charge is 0.350 e. The molecule has 0 radical (unpaired) electrons. The molecule has 0 saturated carbocycles. The van der Waals surface area contributed by atoms with E-state index in [1.165, 1.54) is 24.3 Å². The highest BCUT2D eigenvalue weighted by molar-refractivity contribution is 6.30. The quantitative estimate of drug-likeness (QED) is 0.763. The molecule has 1 heterocycles. The van der Waals surface area contributed by atoms with Gasteiger partial charge in [-0.2, -0.15) is 18.3 Å². The fourth-order valence-electron chi connectivity index (χ4n) is 2.33. The van der Waals surface area contributed by atoms with Crippen molar-refractivity contribution in [3.05, 3.63) is 46.7 Å². The predicted octanol–water partition coefficient (Wildman–Crippen LogP) is 3.69. The number of hydrogen-bond donors (Lipinski definition) is 2. The van der Waals surface area contributed by atoms with Crippen molar-refractivity contribution in [3.63, 3.8) is 0 Å². The first-order valence-electron chi connectivity index (χ1n) is 7.66. The summed E-state index contributed by atoms with van der Waals surface area (Å²) in [6.07, 6.45) is -3.82. The standard InChI is InChI=1S/C16H18ClF3N4O.ClH/c1-3-21-10(2)8-22-15(25)13-9-23-24(14(13)16(18,19)20)12-6-4-11(17)5-7-12;/h4-7,9-10,21H,3,8H2,1-2H3,(H,22,25);1H/t10-;/m1./s1. The maximum atomic E-state index is 13.5. The lowest BCUT2D eigenvalue weighted by Crippen LogP contribution is -2.39. The van der Waals surface area contributed by atoms with Crippen molar-refractivity contribution in [1.82, 2.24) is 20.4 Å². The molecule has 1 aromatic carbocycles. The van der Waals surface area contributed by atoms with Crippen molar-refractivity contribution in [2.75, 3.05) is 13.1 Å². The van der Waals surface area contributed by atoms with Gasteiger partial charge in [-0.1, -0.05) is 18.5 Å². The number of carbonyl (C=O) groups excluding carboxylic acids is 1. The van der Waals surface area contributed by atoms with Gasteiger partial charge in [0.15, 0.2) is 5.69 Å². The minimum Gasteiger partial charge on any atom is -0.350 e. The lowest BCUT2D eigenvalue weighted by Gasteiger charge is -2.15. The van der Waals surface area contributed by atoms with Gasteiger partial charge in [0, 0.05) is 17.6 Å². The third-order valence-corrected chi connectivity index (χ3v) is 3.73. The highest BCUT2D eigenvalue weighted by atomic mass is 35.5. The SMILES string of the molecule is CCN[C@H](C)CNC(=O)c1cnn(-c2ccc(Cl)cc2)c1C(F)(F)F.Cl. The molecular formula is C16H19Cl2F3N4O. The number of rotatable bonds is 6. The van der Waals surface area contributed by atoms with Crippen LogP contribution in [0.15, 0.2) is 30.5 Å². The molecule has 0 aliphatic heterocycles. The van der Waals surface area contributed by atoms with Crippen LogP contribution in [0.2, 0.25) is 5.02 Å². The summed E-state index contributed by atoms with van der Waals surface area (Å²) in [4.78, 5) is 12.2. The molecule has 2 rings (SSSR count). The number of aromatic nitrogens is 2. The third kappa shape index (κ3) is 5.36. The van der Waals surface area contributed by atoms with Crippen LogP contribution in [0.1, 0.15) is 29.9 Å². The summed E-state index contributed by atoms with van der Waals surface area (Å²) in [6, 6.07) is 5.65. The molecule has 0 fully saturated rings. The van der Waals surface area contributed by atoms with E-state index >= 15 is 0 Å². The van der Waals surface area contributed by atoms with Crippen molar-refractivity contribution < 1.29 is 18.0 Å². The second kappa shape index (κ2) is 9.25. The van der Waals surface area contributed by atoms with Crippen molar-refractivity contribution >= 4 is 29.9 Å². The van der Waals surface area contributed by atoms with Crippen molar-refractivity contribution in [2.45, 2.75) is 26.1 Å². The molecule has 26 heavy (non-hydrogen) atoms. The molecule has 1 aromatic heterocycles. The zero-order chi connectivity index (χ0) is 18.6. The number of halogens is 5. The molecular weight excluding hydrogens is 392 g/mol. The van der Waals surface area contributed by atoms with E-state index in [0.717, 1.165) is 6.20 Å². The van der Waals surface area contributed by atoms with Crippen LogP contribution in [0.4, 0.5) is 13.2 Å². The van der Waals surface area contributed by atoms with Gasteiger partial charge < -0.3 is 10.6 Å². The number of hydrogen-bond acceptors (Lipinski definition) is 3. The van der Waals surface area contributed by atoms with E-state index in [2.05, 4.69) is 15.7 Å². The van der Waals surface area contributed by atoms with Crippen LogP contribution in [0.25, 0.3) is 5.69 Å². The first kappa shape index (κ1) is 22.3. The summed E-state index contributed by atoms with van der Waals surface area (Å²) in [6.45, 7) is 4.62. The van der Waals surface area contributed by atoms with E-state index in [9.17, 15) is 18.0 Å². The minimum atomic E-state index is -4.74. The average molecular weight is 411 g/mol. The second-order valence-corrected chi connectivity index (χ2v) is 5.90. The molecule has 5 nitrogen and oxygen atoms in total. The molecule has 2 aromatic rings. The zero-order valence-electron chi connectivity index (χ0n) is 14.1. The Bertz CT molecular complexity index is 732. The number of likely N-dealkylation sites (N-methyl/N-ethyl adjacent to an activating group) is 1. The third-order valence-electron chi connectivity index (χ3n) is 3.47.